The highest BCUT2D eigenvalue weighted by atomic mass is 15.1. The fourth-order valence-corrected chi connectivity index (χ4v) is 2.84. The maximum absolute atomic E-state index is 5.86. The van der Waals surface area contributed by atoms with E-state index in [1.54, 1.807) is 0 Å². The molecule has 2 heteroatoms. The van der Waals surface area contributed by atoms with Crippen molar-refractivity contribution in [2.75, 3.05) is 23.7 Å². The first kappa shape index (κ1) is 12.3. The highest BCUT2D eigenvalue weighted by Crippen LogP contribution is 2.29. The van der Waals surface area contributed by atoms with E-state index in [9.17, 15) is 0 Å². The van der Waals surface area contributed by atoms with Crippen LogP contribution in [0.15, 0.2) is 18.2 Å². The third-order valence-electron chi connectivity index (χ3n) is 3.63. The SMILES string of the molecule is CCCC(C)CN1CCCc2cc(N)ccc21. The molecule has 2 nitrogen and oxygen atoms in total. The van der Waals surface area contributed by atoms with E-state index in [0.717, 1.165) is 11.6 Å². The quantitative estimate of drug-likeness (QED) is 0.806. The second-order valence-corrected chi connectivity index (χ2v) is 5.33. The summed E-state index contributed by atoms with van der Waals surface area (Å²) in [6.07, 6.45) is 5.04. The molecule has 1 aromatic carbocycles. The minimum Gasteiger partial charge on any atom is -0.399 e. The van der Waals surface area contributed by atoms with Gasteiger partial charge in [-0.15, -0.1) is 0 Å². The molecular formula is C15H24N2. The summed E-state index contributed by atoms with van der Waals surface area (Å²) < 4.78 is 0. The Labute approximate surface area is 105 Å². The molecule has 1 atom stereocenters. The van der Waals surface area contributed by atoms with Gasteiger partial charge in [0.05, 0.1) is 0 Å². The lowest BCUT2D eigenvalue weighted by atomic mass is 9.98. The smallest absolute Gasteiger partial charge is 0.0400 e. The van der Waals surface area contributed by atoms with Gasteiger partial charge in [0, 0.05) is 24.5 Å². The third-order valence-corrected chi connectivity index (χ3v) is 3.63. The monoisotopic (exact) mass is 232 g/mol. The molecule has 0 saturated heterocycles. The second kappa shape index (κ2) is 5.44. The van der Waals surface area contributed by atoms with Crippen LogP contribution in [0.25, 0.3) is 0 Å². The Morgan fingerprint density at radius 3 is 3.00 bits per heavy atom. The van der Waals surface area contributed by atoms with Gasteiger partial charge in [0.2, 0.25) is 0 Å². The molecule has 0 aliphatic carbocycles. The highest BCUT2D eigenvalue weighted by molar-refractivity contribution is 5.61. The van der Waals surface area contributed by atoms with Gasteiger partial charge in [-0.25, -0.2) is 0 Å². The van der Waals surface area contributed by atoms with Gasteiger partial charge in [-0.1, -0.05) is 20.3 Å². The number of nitrogen functional groups attached to an aromatic ring is 1. The zero-order valence-electron chi connectivity index (χ0n) is 11.1. The van der Waals surface area contributed by atoms with Crippen molar-refractivity contribution in [3.8, 4) is 0 Å². The standard InChI is InChI=1S/C15H24N2/c1-3-5-12(2)11-17-9-4-6-13-10-14(16)7-8-15(13)17/h7-8,10,12H,3-6,9,11,16H2,1-2H3. The summed E-state index contributed by atoms with van der Waals surface area (Å²) in [6.45, 7) is 7.01. The molecule has 0 aromatic heterocycles. The number of hydrogen-bond acceptors (Lipinski definition) is 2. The molecule has 0 saturated carbocycles. The van der Waals surface area contributed by atoms with Gasteiger partial charge in [0.25, 0.3) is 0 Å². The van der Waals surface area contributed by atoms with Crippen molar-refractivity contribution in [3.05, 3.63) is 23.8 Å². The number of benzene rings is 1. The Morgan fingerprint density at radius 1 is 1.41 bits per heavy atom. The second-order valence-electron chi connectivity index (χ2n) is 5.33. The first-order valence-corrected chi connectivity index (χ1v) is 6.84. The molecule has 1 unspecified atom stereocenters. The van der Waals surface area contributed by atoms with E-state index >= 15 is 0 Å². The van der Waals surface area contributed by atoms with Crippen LogP contribution in [-0.2, 0) is 6.42 Å². The van der Waals surface area contributed by atoms with Crippen molar-refractivity contribution in [2.24, 2.45) is 5.92 Å². The molecule has 1 heterocycles. The average Bonchev–Trinajstić information content (AvgIpc) is 2.29. The van der Waals surface area contributed by atoms with Gasteiger partial charge < -0.3 is 10.6 Å². The Kier molecular flexibility index (Phi) is 3.93. The van der Waals surface area contributed by atoms with Crippen LogP contribution in [0, 0.1) is 5.92 Å². The molecule has 17 heavy (non-hydrogen) atoms. The lowest BCUT2D eigenvalue weighted by Crippen LogP contribution is -2.33. The van der Waals surface area contributed by atoms with Crippen LogP contribution in [0.2, 0.25) is 0 Å². The lowest BCUT2D eigenvalue weighted by molar-refractivity contribution is 0.502. The van der Waals surface area contributed by atoms with E-state index in [1.807, 2.05) is 6.07 Å². The lowest BCUT2D eigenvalue weighted by Gasteiger charge is -2.33. The minimum absolute atomic E-state index is 0.781. The Balaban J connectivity index is 2.11. The van der Waals surface area contributed by atoms with Crippen molar-refractivity contribution in [1.29, 1.82) is 0 Å². The Bertz CT molecular complexity index is 373. The molecule has 2 N–H and O–H groups in total. The van der Waals surface area contributed by atoms with Crippen molar-refractivity contribution >= 4 is 11.4 Å². The van der Waals surface area contributed by atoms with Gasteiger partial charge in [0.1, 0.15) is 0 Å². The molecule has 1 aliphatic heterocycles. The first-order chi connectivity index (χ1) is 8.20. The molecule has 0 radical (unpaired) electrons. The number of hydrogen-bond donors (Lipinski definition) is 1. The molecule has 2 rings (SSSR count). The van der Waals surface area contributed by atoms with Crippen molar-refractivity contribution < 1.29 is 0 Å². The minimum atomic E-state index is 0.781. The van der Waals surface area contributed by atoms with E-state index in [0.29, 0.717) is 0 Å². The Morgan fingerprint density at radius 2 is 2.24 bits per heavy atom. The van der Waals surface area contributed by atoms with Crippen LogP contribution in [0.1, 0.15) is 38.7 Å². The topological polar surface area (TPSA) is 29.3 Å². The molecule has 0 spiro atoms. The van der Waals surface area contributed by atoms with Crippen LogP contribution in [0.5, 0.6) is 0 Å². The summed E-state index contributed by atoms with van der Waals surface area (Å²) in [6, 6.07) is 6.37. The van der Waals surface area contributed by atoms with Crippen molar-refractivity contribution in [3.63, 3.8) is 0 Å². The molecule has 1 aliphatic rings. The summed E-state index contributed by atoms with van der Waals surface area (Å²) in [5.74, 6) is 0.781. The number of anilines is 2. The van der Waals surface area contributed by atoms with Crippen molar-refractivity contribution in [2.45, 2.75) is 39.5 Å². The van der Waals surface area contributed by atoms with Gasteiger partial charge in [-0.2, -0.15) is 0 Å². The zero-order valence-corrected chi connectivity index (χ0v) is 11.1. The van der Waals surface area contributed by atoms with Gasteiger partial charge >= 0.3 is 0 Å². The average molecular weight is 232 g/mol. The van der Waals surface area contributed by atoms with Gasteiger partial charge in [-0.05, 0) is 48.9 Å². The van der Waals surface area contributed by atoms with Crippen LogP contribution in [-0.4, -0.2) is 13.1 Å². The predicted octanol–water partition coefficient (Wildman–Crippen LogP) is 3.46. The van der Waals surface area contributed by atoms with E-state index < -0.39 is 0 Å². The van der Waals surface area contributed by atoms with Crippen LogP contribution < -0.4 is 10.6 Å². The summed E-state index contributed by atoms with van der Waals surface area (Å²) >= 11 is 0. The molecule has 0 bridgehead atoms. The predicted molar refractivity (Wildman–Crippen MR) is 75.5 cm³/mol. The van der Waals surface area contributed by atoms with E-state index in [2.05, 4.69) is 30.9 Å². The summed E-state index contributed by atoms with van der Waals surface area (Å²) in [7, 11) is 0. The number of rotatable bonds is 4. The fourth-order valence-electron chi connectivity index (χ4n) is 2.84. The normalized spacial score (nSPS) is 16.7. The van der Waals surface area contributed by atoms with Crippen LogP contribution in [0.4, 0.5) is 11.4 Å². The van der Waals surface area contributed by atoms with Gasteiger partial charge in [0.15, 0.2) is 0 Å². The molecule has 1 aromatic rings. The summed E-state index contributed by atoms with van der Waals surface area (Å²) in [4.78, 5) is 2.54. The maximum atomic E-state index is 5.86. The van der Waals surface area contributed by atoms with E-state index in [-0.39, 0.29) is 0 Å². The van der Waals surface area contributed by atoms with Crippen LogP contribution >= 0.6 is 0 Å². The molecule has 94 valence electrons. The zero-order chi connectivity index (χ0) is 12.3. The molecule has 0 amide bonds. The number of fused-ring (bicyclic) bond motifs is 1. The number of aryl methyl sites for hydroxylation is 1. The first-order valence-electron chi connectivity index (χ1n) is 6.84. The highest BCUT2D eigenvalue weighted by Gasteiger charge is 2.18. The van der Waals surface area contributed by atoms with E-state index in [4.69, 9.17) is 5.73 Å². The Hall–Kier alpha value is -1.18. The fraction of sp³-hybridized carbons (Fsp3) is 0.600. The molecular weight excluding hydrogens is 208 g/mol. The number of nitrogens with zero attached hydrogens (tertiary/aromatic N) is 1. The van der Waals surface area contributed by atoms with Gasteiger partial charge in [-0.3, -0.25) is 0 Å². The summed E-state index contributed by atoms with van der Waals surface area (Å²) in [5, 5.41) is 0. The largest absolute Gasteiger partial charge is 0.399 e. The number of nitrogens with two attached hydrogens (primary N) is 1. The van der Waals surface area contributed by atoms with E-state index in [1.165, 1.54) is 50.0 Å². The maximum Gasteiger partial charge on any atom is 0.0400 e. The van der Waals surface area contributed by atoms with Crippen molar-refractivity contribution in [1.82, 2.24) is 0 Å². The molecule has 0 fully saturated rings. The summed E-state index contributed by atoms with van der Waals surface area (Å²) in [5.41, 5.74) is 9.59. The van der Waals surface area contributed by atoms with Crippen LogP contribution in [0.3, 0.4) is 0 Å². The third kappa shape index (κ3) is 2.93.